The van der Waals surface area contributed by atoms with E-state index in [-0.39, 0.29) is 29.0 Å². The monoisotopic (exact) mass is 479 g/mol. The van der Waals surface area contributed by atoms with Crippen LogP contribution in [0.15, 0.2) is 40.6 Å². The minimum Gasteiger partial charge on any atom is -0.435 e. The second-order valence-electron chi connectivity index (χ2n) is 6.57. The first-order valence-electron chi connectivity index (χ1n) is 9.02. The van der Waals surface area contributed by atoms with E-state index in [9.17, 15) is 22.0 Å². The van der Waals surface area contributed by atoms with Crippen LogP contribution >= 0.6 is 22.9 Å². The van der Waals surface area contributed by atoms with E-state index in [1.165, 1.54) is 34.6 Å². The second-order valence-corrected chi connectivity index (χ2v) is 10.4. The van der Waals surface area contributed by atoms with E-state index in [0.717, 1.165) is 11.3 Å². The highest BCUT2D eigenvalue weighted by Crippen LogP contribution is 2.28. The molecule has 1 aliphatic rings. The molecular weight excluding hydrogens is 460 g/mol. The highest BCUT2D eigenvalue weighted by molar-refractivity contribution is 7.91. The molecule has 0 bridgehead atoms. The molecule has 30 heavy (non-hydrogen) atoms. The number of anilines is 1. The fourth-order valence-electron chi connectivity index (χ4n) is 3.03. The molecule has 0 saturated carbocycles. The zero-order chi connectivity index (χ0) is 21.9. The van der Waals surface area contributed by atoms with Crippen LogP contribution in [0.1, 0.15) is 6.92 Å². The fraction of sp³-hybridized carbons (Fsp3) is 0.389. The highest BCUT2D eigenvalue weighted by atomic mass is 35.5. The number of rotatable bonds is 7. The molecule has 1 aliphatic heterocycles. The third-order valence-corrected chi connectivity index (χ3v) is 8.29. The number of carbonyl (C=O) groups excluding carboxylic acids is 1. The van der Waals surface area contributed by atoms with E-state index >= 15 is 0 Å². The minimum atomic E-state index is -3.60. The van der Waals surface area contributed by atoms with Crippen molar-refractivity contribution in [1.29, 1.82) is 0 Å². The zero-order valence-electron chi connectivity index (χ0n) is 15.9. The van der Waals surface area contributed by atoms with Gasteiger partial charge in [0.1, 0.15) is 9.96 Å². The Balaban J connectivity index is 1.54. The number of nitrogens with one attached hydrogen (secondary N) is 1. The van der Waals surface area contributed by atoms with Crippen LogP contribution in [-0.2, 0) is 14.8 Å². The lowest BCUT2D eigenvalue weighted by molar-refractivity contribution is -0.121. The lowest BCUT2D eigenvalue weighted by Gasteiger charge is -2.36. The van der Waals surface area contributed by atoms with E-state index in [2.05, 4.69) is 10.1 Å². The molecule has 1 amide bonds. The summed E-state index contributed by atoms with van der Waals surface area (Å²) in [5.41, 5.74) is 0.448. The van der Waals surface area contributed by atoms with Crippen molar-refractivity contribution in [3.8, 4) is 5.75 Å². The molecule has 1 aromatic heterocycles. The Morgan fingerprint density at radius 2 is 1.77 bits per heavy atom. The SMILES string of the molecule is CC(C(=O)Nc1ccc(OC(F)F)cc1)N1CCN(S(=O)(=O)c2ccc(Cl)s2)CC1. The van der Waals surface area contributed by atoms with E-state index < -0.39 is 22.7 Å². The Morgan fingerprint density at radius 1 is 1.13 bits per heavy atom. The Hall–Kier alpha value is -1.79. The first kappa shape index (κ1) is 22.9. The number of carbonyl (C=O) groups is 1. The van der Waals surface area contributed by atoms with Gasteiger partial charge in [-0.2, -0.15) is 13.1 Å². The van der Waals surface area contributed by atoms with Gasteiger partial charge in [-0.25, -0.2) is 8.42 Å². The number of hydrogen-bond acceptors (Lipinski definition) is 6. The van der Waals surface area contributed by atoms with Crippen molar-refractivity contribution >= 4 is 44.6 Å². The minimum absolute atomic E-state index is 0.000377. The number of thiophene rings is 1. The molecule has 1 N–H and O–H groups in total. The average molecular weight is 480 g/mol. The number of sulfonamides is 1. The number of piperazine rings is 1. The predicted molar refractivity (Wildman–Crippen MR) is 111 cm³/mol. The Labute approximate surface area is 182 Å². The Kier molecular flexibility index (Phi) is 7.30. The zero-order valence-corrected chi connectivity index (χ0v) is 18.3. The summed E-state index contributed by atoms with van der Waals surface area (Å²) in [7, 11) is -3.60. The van der Waals surface area contributed by atoms with Crippen LogP contribution in [0.25, 0.3) is 0 Å². The topological polar surface area (TPSA) is 79.0 Å². The number of hydrogen-bond donors (Lipinski definition) is 1. The van der Waals surface area contributed by atoms with Gasteiger partial charge in [-0.05, 0) is 43.3 Å². The van der Waals surface area contributed by atoms with E-state index in [1.54, 1.807) is 13.0 Å². The number of ether oxygens (including phenoxy) is 1. The van der Waals surface area contributed by atoms with Gasteiger partial charge in [0.2, 0.25) is 5.91 Å². The smallest absolute Gasteiger partial charge is 0.387 e. The van der Waals surface area contributed by atoms with Crippen molar-refractivity contribution < 1.29 is 26.7 Å². The Morgan fingerprint density at radius 3 is 2.30 bits per heavy atom. The molecule has 164 valence electrons. The van der Waals surface area contributed by atoms with Gasteiger partial charge in [0.15, 0.2) is 0 Å². The molecule has 2 heterocycles. The van der Waals surface area contributed by atoms with Crippen LogP contribution in [0.4, 0.5) is 14.5 Å². The lowest BCUT2D eigenvalue weighted by atomic mass is 10.2. The second kappa shape index (κ2) is 9.56. The molecule has 7 nitrogen and oxygen atoms in total. The van der Waals surface area contributed by atoms with Gasteiger partial charge in [0.05, 0.1) is 10.4 Å². The number of alkyl halides is 2. The van der Waals surface area contributed by atoms with Gasteiger partial charge in [-0.3, -0.25) is 9.69 Å². The maximum atomic E-state index is 12.7. The normalized spacial score (nSPS) is 17.1. The standard InChI is InChI=1S/C18H20ClF2N3O4S2/c1-12(17(25)22-13-2-4-14(5-3-13)28-18(20)21)23-8-10-24(11-9-23)30(26,27)16-7-6-15(19)29-16/h2-7,12,18H,8-11H2,1H3,(H,22,25). The average Bonchev–Trinajstić information content (AvgIpc) is 3.16. The first-order valence-corrected chi connectivity index (χ1v) is 11.7. The van der Waals surface area contributed by atoms with Crippen LogP contribution in [0, 0.1) is 0 Å². The third kappa shape index (κ3) is 5.46. The Bertz CT molecular complexity index is 978. The predicted octanol–water partition coefficient (Wildman–Crippen LogP) is 3.34. The van der Waals surface area contributed by atoms with Crippen molar-refractivity contribution in [3.05, 3.63) is 40.7 Å². The van der Waals surface area contributed by atoms with Crippen LogP contribution in [0.3, 0.4) is 0 Å². The molecule has 1 unspecified atom stereocenters. The summed E-state index contributed by atoms with van der Waals surface area (Å²) in [5.74, 6) is -0.278. The van der Waals surface area contributed by atoms with Crippen LogP contribution in [0.5, 0.6) is 5.75 Å². The van der Waals surface area contributed by atoms with Crippen LogP contribution in [-0.4, -0.2) is 62.4 Å². The summed E-state index contributed by atoms with van der Waals surface area (Å²) >= 11 is 6.86. The van der Waals surface area contributed by atoms with Crippen LogP contribution in [0.2, 0.25) is 4.34 Å². The molecule has 12 heteroatoms. The maximum Gasteiger partial charge on any atom is 0.387 e. The van der Waals surface area contributed by atoms with Crippen molar-refractivity contribution in [2.45, 2.75) is 23.8 Å². The summed E-state index contributed by atoms with van der Waals surface area (Å²) in [5, 5.41) is 2.72. The van der Waals surface area contributed by atoms with Crippen molar-refractivity contribution in [2.24, 2.45) is 0 Å². The number of amides is 1. The fourth-order valence-corrected chi connectivity index (χ4v) is 6.09. The van der Waals surface area contributed by atoms with Gasteiger partial charge in [-0.1, -0.05) is 11.6 Å². The molecule has 3 rings (SSSR count). The lowest BCUT2D eigenvalue weighted by Crippen LogP contribution is -2.53. The van der Waals surface area contributed by atoms with Gasteiger partial charge in [0.25, 0.3) is 10.0 Å². The largest absolute Gasteiger partial charge is 0.435 e. The highest BCUT2D eigenvalue weighted by Gasteiger charge is 2.32. The molecule has 0 spiro atoms. The van der Waals surface area contributed by atoms with E-state index in [1.807, 2.05) is 4.90 Å². The number of nitrogens with zero attached hydrogens (tertiary/aromatic N) is 2. The first-order chi connectivity index (χ1) is 14.2. The van der Waals surface area contributed by atoms with Gasteiger partial charge < -0.3 is 10.1 Å². The number of benzene rings is 1. The summed E-state index contributed by atoms with van der Waals surface area (Å²) < 4.78 is 56.0. The third-order valence-electron chi connectivity index (χ3n) is 4.69. The molecule has 2 aromatic rings. The van der Waals surface area contributed by atoms with Crippen molar-refractivity contribution in [2.75, 3.05) is 31.5 Å². The number of halogens is 3. The van der Waals surface area contributed by atoms with Gasteiger partial charge >= 0.3 is 6.61 Å². The maximum absolute atomic E-state index is 12.7. The van der Waals surface area contributed by atoms with E-state index in [4.69, 9.17) is 11.6 Å². The molecular formula is C18H20ClF2N3O4S2. The van der Waals surface area contributed by atoms with Gasteiger partial charge in [-0.15, -0.1) is 11.3 Å². The summed E-state index contributed by atoms with van der Waals surface area (Å²) in [6.45, 7) is 0.129. The van der Waals surface area contributed by atoms with E-state index in [0.29, 0.717) is 23.1 Å². The molecule has 1 atom stereocenters. The molecule has 1 aromatic carbocycles. The van der Waals surface area contributed by atoms with Crippen molar-refractivity contribution in [3.63, 3.8) is 0 Å². The summed E-state index contributed by atoms with van der Waals surface area (Å²) in [6, 6.07) is 8.16. The molecule has 0 aliphatic carbocycles. The summed E-state index contributed by atoms with van der Waals surface area (Å²) in [4.78, 5) is 14.4. The molecule has 1 saturated heterocycles. The van der Waals surface area contributed by atoms with Crippen molar-refractivity contribution in [1.82, 2.24) is 9.21 Å². The summed E-state index contributed by atoms with van der Waals surface area (Å²) in [6.07, 6.45) is 0. The van der Waals surface area contributed by atoms with Crippen LogP contribution < -0.4 is 10.1 Å². The quantitative estimate of drug-likeness (QED) is 0.659. The molecule has 0 radical (unpaired) electrons. The molecule has 1 fully saturated rings. The van der Waals surface area contributed by atoms with Gasteiger partial charge in [0, 0.05) is 31.9 Å².